The lowest BCUT2D eigenvalue weighted by Crippen LogP contribution is -2.28. The highest BCUT2D eigenvalue weighted by atomic mass is 32.2. The largest absolute Gasteiger partial charge is 0.329 e. The number of hydrogen-bond acceptors (Lipinski definition) is 5. The number of fused-ring (bicyclic) bond motifs is 1. The van der Waals surface area contributed by atoms with E-state index in [9.17, 15) is 9.59 Å². The molecule has 0 aliphatic carbocycles. The molecule has 2 heterocycles. The first kappa shape index (κ1) is 18.1. The Morgan fingerprint density at radius 1 is 1.07 bits per heavy atom. The third-order valence-corrected chi connectivity index (χ3v) is 5.43. The summed E-state index contributed by atoms with van der Waals surface area (Å²) in [6.07, 6.45) is 1.64. The number of hydrogen-bond donors (Lipinski definition) is 1. The van der Waals surface area contributed by atoms with Gasteiger partial charge < -0.3 is 9.88 Å². The monoisotopic (exact) mass is 394 g/mol. The van der Waals surface area contributed by atoms with E-state index >= 15 is 0 Å². The minimum absolute atomic E-state index is 0.0460. The highest BCUT2D eigenvalue weighted by Crippen LogP contribution is 2.26. The van der Waals surface area contributed by atoms with Crippen LogP contribution in [0.2, 0.25) is 0 Å². The third kappa shape index (κ3) is 3.44. The molecule has 9 heteroatoms. The van der Waals surface area contributed by atoms with E-state index in [-0.39, 0.29) is 18.1 Å². The molecule has 0 aliphatic heterocycles. The molecule has 1 amide bonds. The van der Waals surface area contributed by atoms with Crippen LogP contribution in [0.4, 0.5) is 5.69 Å². The molecule has 4 aromatic rings. The highest BCUT2D eigenvalue weighted by molar-refractivity contribution is 7.99. The lowest BCUT2D eigenvalue weighted by molar-refractivity contribution is -0.116. The van der Waals surface area contributed by atoms with Crippen LogP contribution < -0.4 is 11.0 Å². The number of para-hydroxylation sites is 2. The first-order valence-corrected chi connectivity index (χ1v) is 9.40. The first-order chi connectivity index (χ1) is 13.5. The lowest BCUT2D eigenvalue weighted by Gasteiger charge is -2.07. The van der Waals surface area contributed by atoms with Crippen LogP contribution in [0, 0.1) is 0 Å². The molecule has 0 bridgehead atoms. The zero-order valence-electron chi connectivity index (χ0n) is 15.4. The van der Waals surface area contributed by atoms with Crippen molar-refractivity contribution >= 4 is 34.4 Å². The summed E-state index contributed by atoms with van der Waals surface area (Å²) in [5.41, 5.74) is 1.98. The van der Waals surface area contributed by atoms with E-state index in [2.05, 4.69) is 15.5 Å². The van der Waals surface area contributed by atoms with Gasteiger partial charge in [0.15, 0.2) is 5.16 Å². The maximum absolute atomic E-state index is 12.5. The molecule has 0 saturated carbocycles. The van der Waals surface area contributed by atoms with Gasteiger partial charge in [-0.25, -0.2) is 4.79 Å². The van der Waals surface area contributed by atoms with Crippen molar-refractivity contribution in [3.63, 3.8) is 0 Å². The molecule has 0 aliphatic rings. The summed E-state index contributed by atoms with van der Waals surface area (Å²) in [6, 6.07) is 14.9. The number of nitrogens with one attached hydrogen (secondary N) is 1. The SMILES string of the molecule is Cn1cnnc1Sc1ccc(NC(=O)Cn2c(=O)n(C)c3ccccc32)cc1. The Kier molecular flexibility index (Phi) is 4.74. The summed E-state index contributed by atoms with van der Waals surface area (Å²) in [5, 5.41) is 11.5. The lowest BCUT2D eigenvalue weighted by atomic mass is 10.3. The van der Waals surface area contributed by atoms with Crippen molar-refractivity contribution in [1.82, 2.24) is 23.9 Å². The summed E-state index contributed by atoms with van der Waals surface area (Å²) < 4.78 is 4.85. The smallest absolute Gasteiger partial charge is 0.325 e. The van der Waals surface area contributed by atoms with Gasteiger partial charge in [0, 0.05) is 24.7 Å². The van der Waals surface area contributed by atoms with Gasteiger partial charge in [-0.15, -0.1) is 10.2 Å². The van der Waals surface area contributed by atoms with Gasteiger partial charge in [0.05, 0.1) is 11.0 Å². The summed E-state index contributed by atoms with van der Waals surface area (Å²) in [5.74, 6) is -0.257. The maximum Gasteiger partial charge on any atom is 0.329 e. The quantitative estimate of drug-likeness (QED) is 0.561. The second-order valence-corrected chi connectivity index (χ2v) is 7.36. The summed E-state index contributed by atoms with van der Waals surface area (Å²) in [7, 11) is 3.58. The standard InChI is InChI=1S/C19H18N6O2S/c1-23-12-20-22-18(23)28-14-9-7-13(8-10-14)21-17(26)11-25-16-6-4-3-5-15(16)24(2)19(25)27/h3-10,12H,11H2,1-2H3,(H,21,26). The van der Waals surface area contributed by atoms with Crippen LogP contribution in [0.15, 0.2) is 69.7 Å². The van der Waals surface area contributed by atoms with Crippen LogP contribution in [0.5, 0.6) is 0 Å². The number of amides is 1. The molecule has 28 heavy (non-hydrogen) atoms. The zero-order chi connectivity index (χ0) is 19.7. The molecule has 0 atom stereocenters. The molecule has 0 saturated heterocycles. The number of aromatic nitrogens is 5. The number of carbonyl (C=O) groups is 1. The third-order valence-electron chi connectivity index (χ3n) is 4.37. The summed E-state index contributed by atoms with van der Waals surface area (Å²) >= 11 is 1.49. The number of anilines is 1. The van der Waals surface area contributed by atoms with Gasteiger partial charge in [0.25, 0.3) is 0 Å². The van der Waals surface area contributed by atoms with Gasteiger partial charge in [-0.3, -0.25) is 13.9 Å². The van der Waals surface area contributed by atoms with Crippen molar-refractivity contribution in [2.45, 2.75) is 16.6 Å². The van der Waals surface area contributed by atoms with E-state index in [1.54, 1.807) is 17.9 Å². The van der Waals surface area contributed by atoms with Crippen molar-refractivity contribution in [3.8, 4) is 0 Å². The van der Waals surface area contributed by atoms with E-state index in [0.29, 0.717) is 5.69 Å². The van der Waals surface area contributed by atoms with Gasteiger partial charge in [0.1, 0.15) is 12.9 Å². The Labute approximate surface area is 164 Å². The number of benzene rings is 2. The van der Waals surface area contributed by atoms with Crippen molar-refractivity contribution in [2.75, 3.05) is 5.32 Å². The Balaban J connectivity index is 1.47. The van der Waals surface area contributed by atoms with Crippen molar-refractivity contribution in [2.24, 2.45) is 14.1 Å². The minimum atomic E-state index is -0.257. The van der Waals surface area contributed by atoms with Crippen LogP contribution in [-0.2, 0) is 25.4 Å². The van der Waals surface area contributed by atoms with E-state index in [1.165, 1.54) is 16.3 Å². The molecule has 0 spiro atoms. The van der Waals surface area contributed by atoms with Crippen LogP contribution in [0.3, 0.4) is 0 Å². The molecule has 142 valence electrons. The van der Waals surface area contributed by atoms with Gasteiger partial charge >= 0.3 is 5.69 Å². The second kappa shape index (κ2) is 7.35. The molecule has 0 unspecified atom stereocenters. The second-order valence-electron chi connectivity index (χ2n) is 6.32. The molecule has 2 aromatic carbocycles. The Bertz CT molecular complexity index is 1210. The van der Waals surface area contributed by atoms with Crippen molar-refractivity contribution < 1.29 is 4.79 Å². The molecule has 4 rings (SSSR count). The number of nitrogens with zero attached hydrogens (tertiary/aromatic N) is 5. The first-order valence-electron chi connectivity index (χ1n) is 8.59. The van der Waals surface area contributed by atoms with Gasteiger partial charge in [0.2, 0.25) is 5.91 Å². The Morgan fingerprint density at radius 2 is 1.79 bits per heavy atom. The van der Waals surface area contributed by atoms with Crippen LogP contribution in [0.25, 0.3) is 11.0 Å². The topological polar surface area (TPSA) is 86.7 Å². The fraction of sp³-hybridized carbons (Fsp3) is 0.158. The fourth-order valence-electron chi connectivity index (χ4n) is 2.94. The van der Waals surface area contributed by atoms with E-state index in [1.807, 2.05) is 60.1 Å². The highest BCUT2D eigenvalue weighted by Gasteiger charge is 2.13. The van der Waals surface area contributed by atoms with Crippen molar-refractivity contribution in [1.29, 1.82) is 0 Å². The normalized spacial score (nSPS) is 11.1. The molecular formula is C19H18N6O2S. The fourth-order valence-corrected chi connectivity index (χ4v) is 3.70. The predicted molar refractivity (Wildman–Crippen MR) is 107 cm³/mol. The number of aryl methyl sites for hydroxylation is 2. The molecule has 0 radical (unpaired) electrons. The van der Waals surface area contributed by atoms with Gasteiger partial charge in [-0.05, 0) is 48.2 Å². The number of imidazole rings is 1. The zero-order valence-corrected chi connectivity index (χ0v) is 16.2. The average Bonchev–Trinajstić information content (AvgIpc) is 3.20. The number of rotatable bonds is 5. The molecule has 0 fully saturated rings. The minimum Gasteiger partial charge on any atom is -0.325 e. The van der Waals surface area contributed by atoms with Crippen LogP contribution >= 0.6 is 11.8 Å². The predicted octanol–water partition coefficient (Wildman–Crippen LogP) is 2.26. The average molecular weight is 394 g/mol. The number of carbonyl (C=O) groups excluding carboxylic acids is 1. The van der Waals surface area contributed by atoms with Gasteiger partial charge in [-0.1, -0.05) is 12.1 Å². The van der Waals surface area contributed by atoms with Crippen molar-refractivity contribution in [3.05, 3.63) is 65.3 Å². The van der Waals surface area contributed by atoms with E-state index in [4.69, 9.17) is 0 Å². The molecule has 2 aromatic heterocycles. The maximum atomic E-state index is 12.5. The molecular weight excluding hydrogens is 376 g/mol. The summed E-state index contributed by atoms with van der Waals surface area (Å²) in [4.78, 5) is 25.9. The van der Waals surface area contributed by atoms with Crippen LogP contribution in [0.1, 0.15) is 0 Å². The van der Waals surface area contributed by atoms with Crippen LogP contribution in [-0.4, -0.2) is 29.8 Å². The summed E-state index contributed by atoms with van der Waals surface area (Å²) in [6.45, 7) is -0.0460. The molecule has 1 N–H and O–H groups in total. The van der Waals surface area contributed by atoms with E-state index < -0.39 is 0 Å². The Hall–Kier alpha value is -3.33. The van der Waals surface area contributed by atoms with E-state index in [0.717, 1.165) is 21.1 Å². The Morgan fingerprint density at radius 3 is 2.46 bits per heavy atom. The van der Waals surface area contributed by atoms with Gasteiger partial charge in [-0.2, -0.15) is 0 Å². The molecule has 8 nitrogen and oxygen atoms in total.